The molecule has 0 aromatic carbocycles. The summed E-state index contributed by atoms with van der Waals surface area (Å²) in [6, 6.07) is 2.00. The zero-order valence-electron chi connectivity index (χ0n) is 9.93. The number of hydrogen-bond acceptors (Lipinski definition) is 6. The molecule has 0 aromatic heterocycles. The molecule has 0 aromatic rings. The summed E-state index contributed by atoms with van der Waals surface area (Å²) in [5.41, 5.74) is 9.54. The third-order valence-electron chi connectivity index (χ3n) is 2.39. The minimum atomic E-state index is -0.321. The molecule has 6 heteroatoms. The molecule has 18 heavy (non-hydrogen) atoms. The van der Waals surface area contributed by atoms with E-state index in [1.54, 1.807) is 6.20 Å². The molecule has 0 saturated carbocycles. The molecule has 1 atom stereocenters. The highest BCUT2D eigenvalue weighted by Gasteiger charge is 2.05. The van der Waals surface area contributed by atoms with Crippen LogP contribution < -0.4 is 22.3 Å². The number of nitrogens with zero attached hydrogens (tertiary/aromatic N) is 1. The Morgan fingerprint density at radius 3 is 2.94 bits per heavy atom. The van der Waals surface area contributed by atoms with Crippen LogP contribution in [0.25, 0.3) is 0 Å². The molecule has 96 valence electrons. The quantitative estimate of drug-likeness (QED) is 0.193. The Morgan fingerprint density at radius 1 is 1.67 bits per heavy atom. The average Bonchev–Trinajstić information content (AvgIpc) is 2.41. The van der Waals surface area contributed by atoms with Crippen LogP contribution >= 0.6 is 0 Å². The van der Waals surface area contributed by atoms with E-state index < -0.39 is 0 Å². The van der Waals surface area contributed by atoms with Crippen molar-refractivity contribution < 1.29 is 5.11 Å². The van der Waals surface area contributed by atoms with Crippen molar-refractivity contribution in [1.29, 1.82) is 5.26 Å². The summed E-state index contributed by atoms with van der Waals surface area (Å²) in [6.07, 6.45) is 9.60. The number of allylic oxidation sites excluding steroid dienone is 2. The summed E-state index contributed by atoms with van der Waals surface area (Å²) in [6.45, 7) is -0.321. The van der Waals surface area contributed by atoms with E-state index in [4.69, 9.17) is 21.9 Å². The van der Waals surface area contributed by atoms with Crippen molar-refractivity contribution in [3.05, 3.63) is 47.5 Å². The van der Waals surface area contributed by atoms with Gasteiger partial charge in [-0.25, -0.2) is 0 Å². The standard InChI is InChI=1S/C12H17N5O/c13-6-9(8-18)5-12(17-15)7-16-11-3-1-10(14)2-4-11/h1-3,5,7,11,16-18H,4,8,14-15H2/b9-5-,12-7+/t11-/m0/s1. The zero-order valence-corrected chi connectivity index (χ0v) is 9.93. The predicted molar refractivity (Wildman–Crippen MR) is 69.1 cm³/mol. The van der Waals surface area contributed by atoms with Gasteiger partial charge >= 0.3 is 0 Å². The fraction of sp³-hybridized carbons (Fsp3) is 0.250. The Bertz CT molecular complexity index is 442. The second-order valence-corrected chi connectivity index (χ2v) is 3.76. The first kappa shape index (κ1) is 13.8. The molecule has 0 heterocycles. The molecule has 0 saturated heterocycles. The Morgan fingerprint density at radius 2 is 2.44 bits per heavy atom. The maximum absolute atomic E-state index is 8.88. The van der Waals surface area contributed by atoms with Crippen molar-refractivity contribution in [3.63, 3.8) is 0 Å². The van der Waals surface area contributed by atoms with Crippen molar-refractivity contribution in [2.75, 3.05) is 6.61 Å². The first-order valence-corrected chi connectivity index (χ1v) is 5.47. The molecule has 0 amide bonds. The predicted octanol–water partition coefficient (Wildman–Crippen LogP) is -0.506. The third kappa shape index (κ3) is 4.33. The summed E-state index contributed by atoms with van der Waals surface area (Å²) >= 11 is 0. The van der Waals surface area contributed by atoms with E-state index in [1.807, 2.05) is 24.3 Å². The number of nitrogens with two attached hydrogens (primary N) is 2. The van der Waals surface area contributed by atoms with Gasteiger partial charge in [0.1, 0.15) is 0 Å². The molecule has 0 fully saturated rings. The molecule has 1 aliphatic rings. The van der Waals surface area contributed by atoms with Crippen LogP contribution in [0.5, 0.6) is 0 Å². The van der Waals surface area contributed by atoms with Gasteiger partial charge in [-0.05, 0) is 18.6 Å². The minimum absolute atomic E-state index is 0.133. The number of nitrogens with one attached hydrogen (secondary N) is 2. The second kappa shape index (κ2) is 7.17. The van der Waals surface area contributed by atoms with Gasteiger partial charge in [0.2, 0.25) is 0 Å². The van der Waals surface area contributed by atoms with Crippen molar-refractivity contribution in [2.24, 2.45) is 11.6 Å². The van der Waals surface area contributed by atoms with Crippen LogP contribution in [-0.2, 0) is 0 Å². The fourth-order valence-electron chi connectivity index (χ4n) is 1.38. The summed E-state index contributed by atoms with van der Waals surface area (Å²) in [5.74, 6) is 5.32. The normalized spacial score (nSPS) is 20.1. The molecule has 1 aliphatic carbocycles. The monoisotopic (exact) mass is 247 g/mol. The molecule has 7 N–H and O–H groups in total. The van der Waals surface area contributed by atoms with Gasteiger partial charge in [-0.15, -0.1) is 0 Å². The summed E-state index contributed by atoms with van der Waals surface area (Å²) in [7, 11) is 0. The van der Waals surface area contributed by atoms with Gasteiger partial charge < -0.3 is 21.6 Å². The lowest BCUT2D eigenvalue weighted by Crippen LogP contribution is -2.27. The molecule has 0 radical (unpaired) electrons. The maximum atomic E-state index is 8.88. The van der Waals surface area contributed by atoms with E-state index in [0.717, 1.165) is 12.1 Å². The van der Waals surface area contributed by atoms with E-state index in [-0.39, 0.29) is 18.2 Å². The molecule has 1 rings (SSSR count). The molecule has 0 spiro atoms. The summed E-state index contributed by atoms with van der Waals surface area (Å²) in [4.78, 5) is 0. The Labute approximate surface area is 106 Å². The van der Waals surface area contributed by atoms with Gasteiger partial charge in [0, 0.05) is 17.9 Å². The fourth-order valence-corrected chi connectivity index (χ4v) is 1.38. The number of nitriles is 1. The number of rotatable bonds is 5. The van der Waals surface area contributed by atoms with E-state index in [0.29, 0.717) is 5.70 Å². The van der Waals surface area contributed by atoms with Crippen molar-refractivity contribution in [3.8, 4) is 6.07 Å². The topological polar surface area (TPSA) is 120 Å². The molecule has 6 nitrogen and oxygen atoms in total. The van der Waals surface area contributed by atoms with Gasteiger partial charge in [-0.3, -0.25) is 5.84 Å². The third-order valence-corrected chi connectivity index (χ3v) is 2.39. The second-order valence-electron chi connectivity index (χ2n) is 3.76. The van der Waals surface area contributed by atoms with Crippen LogP contribution in [0.1, 0.15) is 6.42 Å². The zero-order chi connectivity index (χ0) is 13.4. The number of aliphatic hydroxyl groups is 1. The van der Waals surface area contributed by atoms with Crippen LogP contribution in [-0.4, -0.2) is 17.8 Å². The lowest BCUT2D eigenvalue weighted by atomic mass is 10.1. The first-order chi connectivity index (χ1) is 8.69. The molecular formula is C12H17N5O. The SMILES string of the molecule is N#C/C(=C/C(=C\N[C@H]1C=CC(N)=CC1)NN)CO. The van der Waals surface area contributed by atoms with Crippen LogP contribution in [0.15, 0.2) is 47.5 Å². The summed E-state index contributed by atoms with van der Waals surface area (Å²) < 4.78 is 0. The van der Waals surface area contributed by atoms with Crippen molar-refractivity contribution >= 4 is 0 Å². The maximum Gasteiger partial charge on any atom is 0.0972 e. The molecular weight excluding hydrogens is 230 g/mol. The average molecular weight is 247 g/mol. The molecule has 0 bridgehead atoms. The largest absolute Gasteiger partial charge is 0.399 e. The van der Waals surface area contributed by atoms with Crippen LogP contribution in [0, 0.1) is 11.3 Å². The van der Waals surface area contributed by atoms with Crippen molar-refractivity contribution in [1.82, 2.24) is 10.7 Å². The van der Waals surface area contributed by atoms with Gasteiger partial charge in [0.15, 0.2) is 0 Å². The molecule has 0 unspecified atom stereocenters. The minimum Gasteiger partial charge on any atom is -0.399 e. The van der Waals surface area contributed by atoms with E-state index >= 15 is 0 Å². The Balaban J connectivity index is 2.62. The lowest BCUT2D eigenvalue weighted by Gasteiger charge is -2.15. The van der Waals surface area contributed by atoms with Crippen LogP contribution in [0.3, 0.4) is 0 Å². The van der Waals surface area contributed by atoms with E-state index in [1.165, 1.54) is 6.08 Å². The molecule has 0 aliphatic heterocycles. The Kier molecular flexibility index (Phi) is 5.51. The smallest absolute Gasteiger partial charge is 0.0972 e. The van der Waals surface area contributed by atoms with Gasteiger partial charge in [0.25, 0.3) is 0 Å². The van der Waals surface area contributed by atoms with Gasteiger partial charge in [0.05, 0.1) is 23.9 Å². The van der Waals surface area contributed by atoms with Crippen molar-refractivity contribution in [2.45, 2.75) is 12.5 Å². The summed E-state index contributed by atoms with van der Waals surface area (Å²) in [5, 5.41) is 20.7. The highest BCUT2D eigenvalue weighted by molar-refractivity contribution is 5.31. The number of aliphatic hydroxyl groups excluding tert-OH is 1. The van der Waals surface area contributed by atoms with E-state index in [9.17, 15) is 0 Å². The van der Waals surface area contributed by atoms with E-state index in [2.05, 4.69) is 10.7 Å². The number of hydrogen-bond donors (Lipinski definition) is 5. The lowest BCUT2D eigenvalue weighted by molar-refractivity contribution is 0.335. The van der Waals surface area contributed by atoms with Gasteiger partial charge in [-0.1, -0.05) is 12.2 Å². The highest BCUT2D eigenvalue weighted by atomic mass is 16.3. The first-order valence-electron chi connectivity index (χ1n) is 5.47. The number of hydrazine groups is 1. The Hall–Kier alpha value is -2.23. The van der Waals surface area contributed by atoms with Crippen LogP contribution in [0.2, 0.25) is 0 Å². The highest BCUT2D eigenvalue weighted by Crippen LogP contribution is 2.06. The van der Waals surface area contributed by atoms with Crippen LogP contribution in [0.4, 0.5) is 0 Å². The van der Waals surface area contributed by atoms with Gasteiger partial charge in [-0.2, -0.15) is 5.26 Å².